The van der Waals surface area contributed by atoms with Gasteiger partial charge in [0.15, 0.2) is 0 Å². The predicted molar refractivity (Wildman–Crippen MR) is 73.8 cm³/mol. The van der Waals surface area contributed by atoms with Gasteiger partial charge in [-0.15, -0.1) is 11.3 Å². The Morgan fingerprint density at radius 3 is 2.69 bits per heavy atom. The summed E-state index contributed by atoms with van der Waals surface area (Å²) >= 11 is 5.18. The third-order valence-electron chi connectivity index (χ3n) is 3.04. The second kappa shape index (κ2) is 4.43. The molecular formula is C12H15BrN2S. The fraction of sp³-hybridized carbons (Fsp3) is 0.417. The van der Waals surface area contributed by atoms with Gasteiger partial charge in [-0.25, -0.2) is 4.98 Å². The first kappa shape index (κ1) is 12.0. The first-order chi connectivity index (χ1) is 7.59. The molecule has 0 radical (unpaired) electrons. The minimum Gasteiger partial charge on any atom is -0.319 e. The van der Waals surface area contributed by atoms with E-state index in [-0.39, 0.29) is 5.54 Å². The molecule has 0 atom stereocenters. The van der Waals surface area contributed by atoms with Gasteiger partial charge in [0.05, 0.1) is 15.8 Å². The number of halogens is 1. The van der Waals surface area contributed by atoms with Crippen molar-refractivity contribution >= 4 is 37.5 Å². The molecule has 86 valence electrons. The van der Waals surface area contributed by atoms with E-state index in [4.69, 9.17) is 5.73 Å². The number of hydrogen-bond donors (Lipinski definition) is 1. The monoisotopic (exact) mass is 298 g/mol. The molecule has 0 amide bonds. The lowest BCUT2D eigenvalue weighted by Gasteiger charge is -2.23. The third-order valence-corrected chi connectivity index (χ3v) is 4.77. The number of rotatable bonds is 3. The summed E-state index contributed by atoms with van der Waals surface area (Å²) in [7, 11) is 0. The van der Waals surface area contributed by atoms with Crippen molar-refractivity contribution in [2.75, 3.05) is 0 Å². The van der Waals surface area contributed by atoms with Gasteiger partial charge in [-0.2, -0.15) is 0 Å². The van der Waals surface area contributed by atoms with E-state index in [1.54, 1.807) is 11.3 Å². The molecule has 1 heterocycles. The summed E-state index contributed by atoms with van der Waals surface area (Å²) < 4.78 is 2.28. The SMILES string of the molecule is CCC(N)(CC)c1nc2ccc(Br)cc2s1. The molecule has 0 spiro atoms. The number of aromatic nitrogens is 1. The molecule has 2 nitrogen and oxygen atoms in total. The molecule has 1 aromatic carbocycles. The van der Waals surface area contributed by atoms with Crippen LogP contribution in [-0.2, 0) is 5.54 Å². The number of fused-ring (bicyclic) bond motifs is 1. The molecule has 2 aromatic rings. The standard InChI is InChI=1S/C12H15BrN2S/c1-3-12(14,4-2)11-15-9-6-5-8(13)7-10(9)16-11/h5-7H,3-4,14H2,1-2H3. The van der Waals surface area contributed by atoms with Gasteiger partial charge in [-0.1, -0.05) is 29.8 Å². The van der Waals surface area contributed by atoms with Gasteiger partial charge in [0, 0.05) is 4.47 Å². The number of thiazole rings is 1. The molecule has 0 fully saturated rings. The lowest BCUT2D eigenvalue weighted by atomic mass is 9.95. The molecular weight excluding hydrogens is 284 g/mol. The fourth-order valence-electron chi connectivity index (χ4n) is 1.66. The highest BCUT2D eigenvalue weighted by Gasteiger charge is 2.26. The van der Waals surface area contributed by atoms with Crippen molar-refractivity contribution in [3.05, 3.63) is 27.7 Å². The Kier molecular flexibility index (Phi) is 3.33. The molecule has 2 N–H and O–H groups in total. The fourth-order valence-corrected chi connectivity index (χ4v) is 3.42. The van der Waals surface area contributed by atoms with E-state index in [1.807, 2.05) is 12.1 Å². The Balaban J connectivity index is 2.54. The Morgan fingerprint density at radius 2 is 2.06 bits per heavy atom. The van der Waals surface area contributed by atoms with Crippen LogP contribution >= 0.6 is 27.3 Å². The zero-order chi connectivity index (χ0) is 11.8. The maximum absolute atomic E-state index is 6.36. The zero-order valence-corrected chi connectivity index (χ0v) is 11.9. The summed E-state index contributed by atoms with van der Waals surface area (Å²) in [6.45, 7) is 4.23. The molecule has 0 aliphatic heterocycles. The van der Waals surface area contributed by atoms with Gasteiger partial charge in [0.25, 0.3) is 0 Å². The van der Waals surface area contributed by atoms with Crippen molar-refractivity contribution < 1.29 is 0 Å². The van der Waals surface area contributed by atoms with Crippen LogP contribution in [0.2, 0.25) is 0 Å². The average molecular weight is 299 g/mol. The van der Waals surface area contributed by atoms with E-state index < -0.39 is 0 Å². The number of nitrogens with two attached hydrogens (primary N) is 1. The second-order valence-electron chi connectivity index (χ2n) is 3.99. The molecule has 2 rings (SSSR count). The minimum atomic E-state index is -0.268. The van der Waals surface area contributed by atoms with Crippen molar-refractivity contribution in [3.63, 3.8) is 0 Å². The summed E-state index contributed by atoms with van der Waals surface area (Å²) in [4.78, 5) is 4.64. The summed E-state index contributed by atoms with van der Waals surface area (Å²) in [5, 5.41) is 1.05. The number of nitrogens with zero attached hydrogens (tertiary/aromatic N) is 1. The maximum atomic E-state index is 6.36. The van der Waals surface area contributed by atoms with Crippen LogP contribution in [0, 0.1) is 0 Å². The van der Waals surface area contributed by atoms with E-state index in [2.05, 4.69) is 40.8 Å². The van der Waals surface area contributed by atoms with Crippen LogP contribution in [0.3, 0.4) is 0 Å². The van der Waals surface area contributed by atoms with Crippen LogP contribution < -0.4 is 5.73 Å². The molecule has 0 unspecified atom stereocenters. The highest BCUT2D eigenvalue weighted by atomic mass is 79.9. The summed E-state index contributed by atoms with van der Waals surface area (Å²) in [6.07, 6.45) is 1.84. The first-order valence-corrected chi connectivity index (χ1v) is 7.05. The van der Waals surface area contributed by atoms with Gasteiger partial charge in [-0.05, 0) is 31.0 Å². The summed E-state index contributed by atoms with van der Waals surface area (Å²) in [5.41, 5.74) is 7.13. The van der Waals surface area contributed by atoms with E-state index in [9.17, 15) is 0 Å². The van der Waals surface area contributed by atoms with Crippen molar-refractivity contribution in [1.29, 1.82) is 0 Å². The highest BCUT2D eigenvalue weighted by Crippen LogP contribution is 2.33. The minimum absolute atomic E-state index is 0.268. The van der Waals surface area contributed by atoms with Gasteiger partial charge in [0.2, 0.25) is 0 Å². The first-order valence-electron chi connectivity index (χ1n) is 5.44. The number of hydrogen-bond acceptors (Lipinski definition) is 3. The van der Waals surface area contributed by atoms with E-state index >= 15 is 0 Å². The van der Waals surface area contributed by atoms with Crippen molar-refractivity contribution in [2.24, 2.45) is 5.73 Å². The molecule has 4 heteroatoms. The summed E-state index contributed by atoms with van der Waals surface area (Å²) in [6, 6.07) is 6.15. The third kappa shape index (κ3) is 2.01. The molecule has 0 saturated carbocycles. The van der Waals surface area contributed by atoms with Crippen LogP contribution in [-0.4, -0.2) is 4.98 Å². The average Bonchev–Trinajstić information content (AvgIpc) is 2.71. The summed E-state index contributed by atoms with van der Waals surface area (Å²) in [5.74, 6) is 0. The Hall–Kier alpha value is -0.450. The van der Waals surface area contributed by atoms with Gasteiger partial charge >= 0.3 is 0 Å². The largest absolute Gasteiger partial charge is 0.319 e. The van der Waals surface area contributed by atoms with E-state index in [1.165, 1.54) is 4.70 Å². The van der Waals surface area contributed by atoms with Crippen LogP contribution in [0.1, 0.15) is 31.7 Å². The zero-order valence-electron chi connectivity index (χ0n) is 9.46. The lowest BCUT2D eigenvalue weighted by molar-refractivity contribution is 0.411. The van der Waals surface area contributed by atoms with Crippen molar-refractivity contribution in [2.45, 2.75) is 32.2 Å². The van der Waals surface area contributed by atoms with Crippen LogP contribution in [0.5, 0.6) is 0 Å². The van der Waals surface area contributed by atoms with E-state index in [0.717, 1.165) is 27.8 Å². The Morgan fingerprint density at radius 1 is 1.38 bits per heavy atom. The van der Waals surface area contributed by atoms with Gasteiger partial charge in [0.1, 0.15) is 5.01 Å². The van der Waals surface area contributed by atoms with E-state index in [0.29, 0.717) is 0 Å². The second-order valence-corrected chi connectivity index (χ2v) is 5.94. The predicted octanol–water partition coefficient (Wildman–Crippen LogP) is 4.03. The smallest absolute Gasteiger partial charge is 0.114 e. The Labute approximate surface area is 108 Å². The highest BCUT2D eigenvalue weighted by molar-refractivity contribution is 9.10. The molecule has 16 heavy (non-hydrogen) atoms. The topological polar surface area (TPSA) is 38.9 Å². The Bertz CT molecular complexity index is 503. The quantitative estimate of drug-likeness (QED) is 0.929. The molecule has 0 aliphatic rings. The van der Waals surface area contributed by atoms with Crippen molar-refractivity contribution in [3.8, 4) is 0 Å². The molecule has 0 bridgehead atoms. The van der Waals surface area contributed by atoms with Gasteiger partial charge < -0.3 is 5.73 Å². The maximum Gasteiger partial charge on any atom is 0.114 e. The lowest BCUT2D eigenvalue weighted by Crippen LogP contribution is -2.34. The van der Waals surface area contributed by atoms with Gasteiger partial charge in [-0.3, -0.25) is 0 Å². The van der Waals surface area contributed by atoms with Crippen LogP contribution in [0.4, 0.5) is 0 Å². The van der Waals surface area contributed by atoms with Crippen LogP contribution in [0.15, 0.2) is 22.7 Å². The molecule has 1 aromatic heterocycles. The normalized spacial score (nSPS) is 12.2. The van der Waals surface area contributed by atoms with Crippen LogP contribution in [0.25, 0.3) is 10.2 Å². The molecule has 0 aliphatic carbocycles. The molecule has 0 saturated heterocycles. The van der Waals surface area contributed by atoms with Crippen molar-refractivity contribution in [1.82, 2.24) is 4.98 Å². The number of benzene rings is 1.